The summed E-state index contributed by atoms with van der Waals surface area (Å²) in [5, 5.41) is 8.56. The Hall–Kier alpha value is -2.66. The minimum Gasteiger partial charge on any atom is -0.355 e. The van der Waals surface area contributed by atoms with Crippen molar-refractivity contribution in [2.24, 2.45) is 0 Å². The van der Waals surface area contributed by atoms with Gasteiger partial charge in [0.2, 0.25) is 5.91 Å². The van der Waals surface area contributed by atoms with Gasteiger partial charge in [-0.05, 0) is 68.5 Å². The number of pyridine rings is 1. The van der Waals surface area contributed by atoms with Gasteiger partial charge in [-0.3, -0.25) is 4.79 Å². The maximum Gasteiger partial charge on any atom is 0.230 e. The SMILES string of the molecule is Cc1nn(-c2ccccn2)c(C)c1CCNC(=O)C1(c2ccc(Cl)cc2)CCCC1. The monoisotopic (exact) mass is 422 g/mol. The van der Waals surface area contributed by atoms with Crippen LogP contribution in [-0.2, 0) is 16.6 Å². The Bertz CT molecular complexity index is 1020. The highest BCUT2D eigenvalue weighted by Gasteiger charge is 2.42. The van der Waals surface area contributed by atoms with Crippen molar-refractivity contribution in [3.05, 3.63) is 76.2 Å². The largest absolute Gasteiger partial charge is 0.355 e. The van der Waals surface area contributed by atoms with Gasteiger partial charge >= 0.3 is 0 Å². The highest BCUT2D eigenvalue weighted by molar-refractivity contribution is 6.30. The summed E-state index contributed by atoms with van der Waals surface area (Å²) in [5.74, 6) is 0.927. The molecule has 3 aromatic rings. The number of halogens is 1. The number of carbonyl (C=O) groups is 1. The summed E-state index contributed by atoms with van der Waals surface area (Å²) >= 11 is 6.06. The van der Waals surface area contributed by atoms with Crippen LogP contribution >= 0.6 is 11.6 Å². The normalized spacial score (nSPS) is 15.3. The lowest BCUT2D eigenvalue weighted by atomic mass is 9.78. The van der Waals surface area contributed by atoms with Gasteiger partial charge in [-0.15, -0.1) is 0 Å². The second kappa shape index (κ2) is 8.60. The number of aromatic nitrogens is 3. The van der Waals surface area contributed by atoms with E-state index < -0.39 is 5.41 Å². The lowest BCUT2D eigenvalue weighted by Gasteiger charge is -2.28. The van der Waals surface area contributed by atoms with Gasteiger partial charge in [0.15, 0.2) is 5.82 Å². The van der Waals surface area contributed by atoms with Crippen LogP contribution in [0.25, 0.3) is 5.82 Å². The number of hydrogen-bond donors (Lipinski definition) is 1. The van der Waals surface area contributed by atoms with Crippen molar-refractivity contribution in [1.82, 2.24) is 20.1 Å². The quantitative estimate of drug-likeness (QED) is 0.625. The lowest BCUT2D eigenvalue weighted by molar-refractivity contribution is -0.126. The zero-order valence-electron chi connectivity index (χ0n) is 17.5. The van der Waals surface area contributed by atoms with E-state index in [9.17, 15) is 4.79 Å². The molecule has 4 rings (SSSR count). The number of benzene rings is 1. The van der Waals surface area contributed by atoms with E-state index in [2.05, 4.69) is 22.3 Å². The molecule has 5 nitrogen and oxygen atoms in total. The molecule has 0 bridgehead atoms. The third kappa shape index (κ3) is 3.86. The maximum atomic E-state index is 13.3. The molecule has 2 aromatic heterocycles. The molecule has 1 aliphatic carbocycles. The molecule has 0 atom stereocenters. The fourth-order valence-corrected chi connectivity index (χ4v) is 4.73. The molecule has 0 unspecified atom stereocenters. The minimum atomic E-state index is -0.438. The molecular formula is C24H27ClN4O. The van der Waals surface area contributed by atoms with Crippen LogP contribution in [0.5, 0.6) is 0 Å². The molecule has 1 fully saturated rings. The van der Waals surface area contributed by atoms with Crippen molar-refractivity contribution >= 4 is 17.5 Å². The molecule has 1 N–H and O–H groups in total. The van der Waals surface area contributed by atoms with E-state index in [4.69, 9.17) is 11.6 Å². The van der Waals surface area contributed by atoms with Crippen molar-refractivity contribution in [3.63, 3.8) is 0 Å². The Morgan fingerprint density at radius 2 is 1.87 bits per heavy atom. The van der Waals surface area contributed by atoms with Gasteiger partial charge < -0.3 is 5.32 Å². The number of nitrogens with zero attached hydrogens (tertiary/aromatic N) is 3. The van der Waals surface area contributed by atoms with Gasteiger partial charge in [0.05, 0.1) is 11.1 Å². The molecule has 1 saturated carbocycles. The van der Waals surface area contributed by atoms with Gasteiger partial charge in [0.25, 0.3) is 0 Å². The minimum absolute atomic E-state index is 0.120. The summed E-state index contributed by atoms with van der Waals surface area (Å²) in [7, 11) is 0. The molecule has 6 heteroatoms. The number of hydrogen-bond acceptors (Lipinski definition) is 3. The number of nitrogens with one attached hydrogen (secondary N) is 1. The molecule has 2 heterocycles. The Labute approximate surface area is 182 Å². The van der Waals surface area contributed by atoms with Crippen molar-refractivity contribution in [2.75, 3.05) is 6.54 Å². The summed E-state index contributed by atoms with van der Waals surface area (Å²) < 4.78 is 1.87. The first-order chi connectivity index (χ1) is 14.5. The number of aryl methyl sites for hydroxylation is 1. The Morgan fingerprint density at radius 1 is 1.13 bits per heavy atom. The summed E-state index contributed by atoms with van der Waals surface area (Å²) in [4.78, 5) is 17.7. The van der Waals surface area contributed by atoms with Crippen LogP contribution in [0.4, 0.5) is 0 Å². The van der Waals surface area contributed by atoms with Crippen molar-refractivity contribution in [2.45, 2.75) is 51.4 Å². The van der Waals surface area contributed by atoms with Crippen LogP contribution in [-0.4, -0.2) is 27.2 Å². The van der Waals surface area contributed by atoms with Gasteiger partial charge in [0, 0.05) is 23.5 Å². The molecule has 0 saturated heterocycles. The smallest absolute Gasteiger partial charge is 0.230 e. The number of rotatable bonds is 6. The van der Waals surface area contributed by atoms with Crippen LogP contribution in [0, 0.1) is 13.8 Å². The first-order valence-corrected chi connectivity index (χ1v) is 10.9. The van der Waals surface area contributed by atoms with Gasteiger partial charge in [-0.2, -0.15) is 5.10 Å². The van der Waals surface area contributed by atoms with Crippen LogP contribution in [0.2, 0.25) is 5.02 Å². The molecule has 156 valence electrons. The summed E-state index contributed by atoms with van der Waals surface area (Å²) in [6.45, 7) is 4.65. The molecule has 30 heavy (non-hydrogen) atoms. The molecular weight excluding hydrogens is 396 g/mol. The predicted octanol–water partition coefficient (Wildman–Crippen LogP) is 4.71. The second-order valence-corrected chi connectivity index (χ2v) is 8.49. The van der Waals surface area contributed by atoms with Crippen LogP contribution < -0.4 is 5.32 Å². The van der Waals surface area contributed by atoms with Crippen molar-refractivity contribution in [1.29, 1.82) is 0 Å². The zero-order chi connectivity index (χ0) is 21.1. The first-order valence-electron chi connectivity index (χ1n) is 10.5. The summed E-state index contributed by atoms with van der Waals surface area (Å²) in [6.07, 6.45) is 6.43. The predicted molar refractivity (Wildman–Crippen MR) is 119 cm³/mol. The van der Waals surface area contributed by atoms with E-state index in [-0.39, 0.29) is 5.91 Å². The first kappa shape index (κ1) is 20.6. The second-order valence-electron chi connectivity index (χ2n) is 8.05. The van der Waals surface area contributed by atoms with E-state index in [0.29, 0.717) is 11.6 Å². The Morgan fingerprint density at radius 3 is 2.53 bits per heavy atom. The molecule has 0 aliphatic heterocycles. The molecule has 1 aliphatic rings. The molecule has 0 radical (unpaired) electrons. The van der Waals surface area contributed by atoms with Gasteiger partial charge in [-0.25, -0.2) is 9.67 Å². The maximum absolute atomic E-state index is 13.3. The van der Waals surface area contributed by atoms with E-state index in [1.807, 2.05) is 54.1 Å². The zero-order valence-corrected chi connectivity index (χ0v) is 18.2. The highest BCUT2D eigenvalue weighted by Crippen LogP contribution is 2.41. The van der Waals surface area contributed by atoms with Crippen molar-refractivity contribution in [3.8, 4) is 5.82 Å². The topological polar surface area (TPSA) is 59.8 Å². The molecule has 0 spiro atoms. The lowest BCUT2D eigenvalue weighted by Crippen LogP contribution is -2.43. The fraction of sp³-hybridized carbons (Fsp3) is 0.375. The van der Waals surface area contributed by atoms with E-state index in [1.165, 1.54) is 0 Å². The summed E-state index contributed by atoms with van der Waals surface area (Å²) in [5.41, 5.74) is 3.83. The van der Waals surface area contributed by atoms with Gasteiger partial charge in [-0.1, -0.05) is 42.6 Å². The number of carbonyl (C=O) groups excluding carboxylic acids is 1. The Kier molecular flexibility index (Phi) is 5.91. The van der Waals surface area contributed by atoms with Gasteiger partial charge in [0.1, 0.15) is 0 Å². The fourth-order valence-electron chi connectivity index (χ4n) is 4.60. The standard InChI is InChI=1S/C24H27ClN4O/c1-17-21(18(2)29(28-17)22-7-3-6-15-26-22)12-16-27-23(30)24(13-4-5-14-24)19-8-10-20(25)11-9-19/h3,6-11,15H,4-5,12-14,16H2,1-2H3,(H,27,30). The third-order valence-corrected chi connectivity index (χ3v) is 6.51. The molecule has 1 amide bonds. The van der Waals surface area contributed by atoms with E-state index >= 15 is 0 Å². The average Bonchev–Trinajstić information content (AvgIpc) is 3.36. The molecule has 1 aromatic carbocycles. The van der Waals surface area contributed by atoms with E-state index in [0.717, 1.165) is 60.4 Å². The van der Waals surface area contributed by atoms with E-state index in [1.54, 1.807) is 6.20 Å². The highest BCUT2D eigenvalue weighted by atomic mass is 35.5. The number of amides is 1. The van der Waals surface area contributed by atoms with Crippen molar-refractivity contribution < 1.29 is 4.79 Å². The van der Waals surface area contributed by atoms with Crippen LogP contribution in [0.1, 0.15) is 48.2 Å². The summed E-state index contributed by atoms with van der Waals surface area (Å²) in [6, 6.07) is 13.5. The Balaban J connectivity index is 1.47. The average molecular weight is 423 g/mol. The third-order valence-electron chi connectivity index (χ3n) is 6.26. The van der Waals surface area contributed by atoms with Crippen LogP contribution in [0.3, 0.4) is 0 Å². The van der Waals surface area contributed by atoms with Crippen LogP contribution in [0.15, 0.2) is 48.7 Å².